The Morgan fingerprint density at radius 3 is 2.17 bits per heavy atom. The number of nitrogens with one attached hydrogen (secondary N) is 1. The van der Waals surface area contributed by atoms with E-state index in [4.69, 9.17) is 10.5 Å². The van der Waals surface area contributed by atoms with Crippen LogP contribution in [-0.4, -0.2) is 21.8 Å². The van der Waals surface area contributed by atoms with E-state index in [1.165, 1.54) is 17.9 Å². The van der Waals surface area contributed by atoms with Crippen molar-refractivity contribution in [3.8, 4) is 29.2 Å². The first-order valence-electron chi connectivity index (χ1n) is 7.25. The van der Waals surface area contributed by atoms with Gasteiger partial charge < -0.3 is 32.9 Å². The van der Waals surface area contributed by atoms with Gasteiger partial charge in [0.05, 0.1) is 23.0 Å². The van der Waals surface area contributed by atoms with E-state index in [9.17, 15) is 4.79 Å². The summed E-state index contributed by atoms with van der Waals surface area (Å²) in [7, 11) is 1.44. The Hall–Kier alpha value is -3.26. The Kier molecular flexibility index (Phi) is 15.5. The van der Waals surface area contributed by atoms with Crippen LogP contribution in [0.2, 0.25) is 0 Å². The minimum Gasteiger partial charge on any atom is -0.494 e. The Balaban J connectivity index is -0.000000779. The summed E-state index contributed by atoms with van der Waals surface area (Å²) in [6.45, 7) is 1.83. The van der Waals surface area contributed by atoms with Crippen LogP contribution in [0.3, 0.4) is 0 Å². The summed E-state index contributed by atoms with van der Waals surface area (Å²) < 4.78 is 1.40. The third-order valence-corrected chi connectivity index (χ3v) is 3.30. The largest absolute Gasteiger partial charge is 0.494 e. The number of pyridine rings is 1. The van der Waals surface area contributed by atoms with Gasteiger partial charge >= 0.3 is 0 Å². The number of benzene rings is 1. The third kappa shape index (κ3) is 7.35. The summed E-state index contributed by atoms with van der Waals surface area (Å²) in [6, 6.07) is 15.2. The molecule has 3 rings (SSSR count). The zero-order chi connectivity index (χ0) is 18.2. The molecule has 0 aliphatic carbocycles. The molecule has 0 bridgehead atoms. The molecule has 0 saturated carbocycles. The molecule has 0 spiro atoms. The van der Waals surface area contributed by atoms with Gasteiger partial charge in [-0.05, 0) is 24.6 Å². The van der Waals surface area contributed by atoms with Crippen molar-refractivity contribution in [1.29, 1.82) is 10.5 Å². The van der Waals surface area contributed by atoms with Gasteiger partial charge in [-0.1, -0.05) is 31.6 Å². The van der Waals surface area contributed by atoms with Crippen LogP contribution in [0.25, 0.3) is 22.3 Å². The molecular formula is C21H23N6OV-5. The quantitative estimate of drug-likeness (QED) is 0.492. The molecule has 0 unspecified atom stereocenters. The summed E-state index contributed by atoms with van der Waals surface area (Å²) in [5.41, 5.74) is 2.49. The summed E-state index contributed by atoms with van der Waals surface area (Å²) >= 11 is 0. The molecule has 1 aromatic carbocycles. The molecule has 153 valence electrons. The molecule has 7 nitrogen and oxygen atoms in total. The topological polar surface area (TPSA) is 112 Å². The molecule has 0 saturated heterocycles. The SMILES string of the molecule is C[N-]C#N.Cc1[nH]n(-c2cc[c-]cn2)c(=O)c1-c1ccc(C#N)cc1.[CH3-].[CH3-].[CH3-].[V]. The van der Waals surface area contributed by atoms with Gasteiger partial charge in [-0.2, -0.15) is 11.3 Å². The molecule has 2 aromatic heterocycles. The molecule has 0 fully saturated rings. The minimum atomic E-state index is -0.170. The first kappa shape index (κ1) is 30.5. The van der Waals surface area contributed by atoms with Crippen LogP contribution in [-0.2, 0) is 18.6 Å². The van der Waals surface area contributed by atoms with Crippen LogP contribution < -0.4 is 5.56 Å². The van der Waals surface area contributed by atoms with Crippen molar-refractivity contribution in [2.24, 2.45) is 0 Å². The average molecular weight is 426 g/mol. The summed E-state index contributed by atoms with van der Waals surface area (Å²) in [6.07, 6.45) is 3.07. The number of rotatable bonds is 2. The molecule has 0 atom stereocenters. The van der Waals surface area contributed by atoms with E-state index in [2.05, 4.69) is 27.5 Å². The fraction of sp³-hybridized carbons (Fsp3) is 0.0952. The van der Waals surface area contributed by atoms with Gasteiger partial charge in [0.1, 0.15) is 0 Å². The van der Waals surface area contributed by atoms with Crippen LogP contribution in [0.5, 0.6) is 0 Å². The van der Waals surface area contributed by atoms with Gasteiger partial charge in [0.25, 0.3) is 5.56 Å². The predicted octanol–water partition coefficient (Wildman–Crippen LogP) is 4.03. The smallest absolute Gasteiger partial charge is 0.279 e. The summed E-state index contributed by atoms with van der Waals surface area (Å²) in [4.78, 5) is 16.7. The number of aryl methyl sites for hydroxylation is 1. The molecule has 29 heavy (non-hydrogen) atoms. The average Bonchev–Trinajstić information content (AvgIpc) is 2.97. The van der Waals surface area contributed by atoms with E-state index in [-0.39, 0.29) is 46.4 Å². The Bertz CT molecular complexity index is 979. The van der Waals surface area contributed by atoms with Crippen LogP contribution in [0.1, 0.15) is 11.3 Å². The van der Waals surface area contributed by atoms with Crippen LogP contribution >= 0.6 is 0 Å². The van der Waals surface area contributed by atoms with E-state index < -0.39 is 0 Å². The van der Waals surface area contributed by atoms with Crippen molar-refractivity contribution in [1.82, 2.24) is 14.8 Å². The van der Waals surface area contributed by atoms with Gasteiger partial charge in [0.2, 0.25) is 0 Å². The zero-order valence-electron chi connectivity index (χ0n) is 17.1. The predicted molar refractivity (Wildman–Crippen MR) is 112 cm³/mol. The standard InChI is InChI=1S/C16H11N4O.C2H3N2.3CH3.V/c1-11-15(13-7-5-12(10-17)6-8-13)16(21)20(19-11)14-4-2-3-9-18-14;1-4-2-3;;;;/h2,4-9,19H,1H3;1H3;3*1H3;/q5*-1;. The molecule has 1 radical (unpaired) electrons. The second kappa shape index (κ2) is 14.8. The van der Waals surface area contributed by atoms with E-state index >= 15 is 0 Å². The van der Waals surface area contributed by atoms with Crippen LogP contribution in [0, 0.1) is 58.1 Å². The van der Waals surface area contributed by atoms with Gasteiger partial charge in [-0.15, -0.1) is 0 Å². The van der Waals surface area contributed by atoms with Gasteiger partial charge in [0.15, 0.2) is 0 Å². The minimum absolute atomic E-state index is 0. The molecule has 0 aliphatic rings. The number of hydrogen-bond acceptors (Lipinski definition) is 4. The van der Waals surface area contributed by atoms with Crippen molar-refractivity contribution in [3.05, 3.63) is 97.9 Å². The number of nitriles is 2. The Labute approximate surface area is 184 Å². The van der Waals surface area contributed by atoms with Gasteiger partial charge in [-0.25, -0.2) is 16.8 Å². The monoisotopic (exact) mass is 426 g/mol. The second-order valence-electron chi connectivity index (χ2n) is 4.88. The normalized spacial score (nSPS) is 8.00. The first-order valence-corrected chi connectivity index (χ1v) is 7.25. The first-order chi connectivity index (χ1) is 12.1. The Morgan fingerprint density at radius 1 is 1.14 bits per heavy atom. The molecule has 8 heteroatoms. The molecule has 3 aromatic rings. The maximum Gasteiger partial charge on any atom is 0.279 e. The van der Waals surface area contributed by atoms with Crippen molar-refractivity contribution in [2.75, 3.05) is 7.05 Å². The van der Waals surface area contributed by atoms with E-state index in [1.54, 1.807) is 42.6 Å². The zero-order valence-corrected chi connectivity index (χ0v) is 18.5. The number of nitrogens with zero attached hydrogens (tertiary/aromatic N) is 5. The molecular weight excluding hydrogens is 403 g/mol. The second-order valence-corrected chi connectivity index (χ2v) is 4.88. The third-order valence-electron chi connectivity index (χ3n) is 3.30. The summed E-state index contributed by atoms with van der Waals surface area (Å²) in [5, 5.41) is 22.3. The summed E-state index contributed by atoms with van der Waals surface area (Å²) in [5.74, 6) is 0.516. The number of aromatic amines is 1. The number of hydrogen-bond donors (Lipinski definition) is 1. The maximum atomic E-state index is 12.6. The van der Waals surface area contributed by atoms with E-state index in [0.29, 0.717) is 16.9 Å². The fourth-order valence-corrected chi connectivity index (χ4v) is 2.20. The molecule has 1 N–H and O–H groups in total. The number of H-pyrrole nitrogens is 1. The van der Waals surface area contributed by atoms with Crippen molar-refractivity contribution >= 4 is 0 Å². The molecule has 0 aliphatic heterocycles. The fourth-order valence-electron chi connectivity index (χ4n) is 2.20. The van der Waals surface area contributed by atoms with Crippen molar-refractivity contribution < 1.29 is 18.6 Å². The van der Waals surface area contributed by atoms with Crippen molar-refractivity contribution in [3.63, 3.8) is 0 Å². The van der Waals surface area contributed by atoms with E-state index in [1.807, 2.05) is 6.92 Å². The molecule has 2 heterocycles. The van der Waals surface area contributed by atoms with Gasteiger partial charge in [-0.3, -0.25) is 14.9 Å². The number of aromatic nitrogens is 3. The van der Waals surface area contributed by atoms with Crippen LogP contribution in [0.4, 0.5) is 0 Å². The van der Waals surface area contributed by atoms with Crippen molar-refractivity contribution in [2.45, 2.75) is 6.92 Å². The Morgan fingerprint density at radius 2 is 1.72 bits per heavy atom. The maximum absolute atomic E-state index is 12.6. The van der Waals surface area contributed by atoms with Gasteiger partial charge in [0, 0.05) is 24.2 Å². The van der Waals surface area contributed by atoms with Crippen LogP contribution in [0.15, 0.2) is 47.4 Å². The molecule has 0 amide bonds. The van der Waals surface area contributed by atoms with E-state index in [0.717, 1.165) is 11.3 Å².